The maximum absolute atomic E-state index is 10.2. The van der Waals surface area contributed by atoms with E-state index in [2.05, 4.69) is 6.07 Å². The van der Waals surface area contributed by atoms with Gasteiger partial charge in [-0.3, -0.25) is 4.79 Å². The van der Waals surface area contributed by atoms with Gasteiger partial charge in [0.25, 0.3) is 6.47 Å². The molecule has 0 saturated heterocycles. The van der Waals surface area contributed by atoms with Crippen LogP contribution in [0.5, 0.6) is 0 Å². The number of aryl methyl sites for hydroxylation is 2. The summed E-state index contributed by atoms with van der Waals surface area (Å²) in [6.07, 6.45) is 1.92. The summed E-state index contributed by atoms with van der Waals surface area (Å²) in [5.74, 6) is 0. The van der Waals surface area contributed by atoms with E-state index in [0.29, 0.717) is 11.3 Å². The van der Waals surface area contributed by atoms with Crippen molar-refractivity contribution in [2.75, 3.05) is 0 Å². The number of hydrogen-bond donors (Lipinski definition) is 0. The van der Waals surface area contributed by atoms with Gasteiger partial charge in [-0.15, -0.1) is 11.3 Å². The molecule has 0 amide bonds. The minimum atomic E-state index is 0.257. The summed E-state index contributed by atoms with van der Waals surface area (Å²) in [6, 6.07) is 7.93. The third kappa shape index (κ3) is 2.80. The third-order valence-electron chi connectivity index (χ3n) is 2.79. The summed E-state index contributed by atoms with van der Waals surface area (Å²) in [5, 5.41) is 8.96. The normalized spacial score (nSPS) is 9.95. The minimum Gasteiger partial charge on any atom is -0.463 e. The van der Waals surface area contributed by atoms with Crippen LogP contribution in [0.25, 0.3) is 10.6 Å². The number of nitrogens with zero attached hydrogens (tertiary/aromatic N) is 2. The second-order valence-electron chi connectivity index (χ2n) is 4.17. The van der Waals surface area contributed by atoms with Gasteiger partial charge in [-0.1, -0.05) is 0 Å². The van der Waals surface area contributed by atoms with Crippen molar-refractivity contribution in [3.05, 3.63) is 40.4 Å². The minimum absolute atomic E-state index is 0.257. The first-order valence-corrected chi connectivity index (χ1v) is 6.52. The molecule has 0 aliphatic rings. The van der Waals surface area contributed by atoms with Crippen LogP contribution >= 0.6 is 11.3 Å². The molecule has 19 heavy (non-hydrogen) atoms. The van der Waals surface area contributed by atoms with E-state index in [1.807, 2.05) is 42.9 Å². The SMILES string of the molecule is Cc1cc(C#N)sc1-c1cc(COC=O)cc[n+]1C. The molecule has 0 aromatic carbocycles. The number of hydrogen-bond acceptors (Lipinski definition) is 4. The van der Waals surface area contributed by atoms with E-state index in [-0.39, 0.29) is 6.61 Å². The fourth-order valence-electron chi connectivity index (χ4n) is 1.85. The summed E-state index contributed by atoms with van der Waals surface area (Å²) < 4.78 is 6.76. The topological polar surface area (TPSA) is 54.0 Å². The molecular weight excluding hydrogens is 260 g/mol. The summed E-state index contributed by atoms with van der Waals surface area (Å²) in [7, 11) is 1.95. The Morgan fingerprint density at radius 1 is 1.53 bits per heavy atom. The lowest BCUT2D eigenvalue weighted by Crippen LogP contribution is -2.30. The number of pyridine rings is 1. The van der Waals surface area contributed by atoms with Gasteiger partial charge in [0.05, 0.1) is 0 Å². The van der Waals surface area contributed by atoms with Gasteiger partial charge >= 0.3 is 0 Å². The van der Waals surface area contributed by atoms with Crippen molar-refractivity contribution in [1.29, 1.82) is 5.26 Å². The molecule has 0 radical (unpaired) electrons. The van der Waals surface area contributed by atoms with E-state index >= 15 is 0 Å². The highest BCUT2D eigenvalue weighted by atomic mass is 32.1. The maximum atomic E-state index is 10.2. The van der Waals surface area contributed by atoms with Crippen molar-refractivity contribution in [1.82, 2.24) is 0 Å². The molecule has 2 rings (SSSR count). The smallest absolute Gasteiger partial charge is 0.293 e. The van der Waals surface area contributed by atoms with Crippen LogP contribution in [0.2, 0.25) is 0 Å². The first-order valence-electron chi connectivity index (χ1n) is 5.70. The lowest BCUT2D eigenvalue weighted by Gasteiger charge is -2.02. The van der Waals surface area contributed by atoms with Gasteiger partial charge < -0.3 is 4.74 Å². The quantitative estimate of drug-likeness (QED) is 0.633. The Labute approximate surface area is 115 Å². The Morgan fingerprint density at radius 3 is 2.95 bits per heavy atom. The Balaban J connectivity index is 2.45. The number of carbonyl (C=O) groups excluding carboxylic acids is 1. The molecule has 96 valence electrons. The molecular formula is C14H13N2O2S+. The molecule has 4 nitrogen and oxygen atoms in total. The maximum Gasteiger partial charge on any atom is 0.293 e. The van der Waals surface area contributed by atoms with Gasteiger partial charge in [-0.2, -0.15) is 5.26 Å². The van der Waals surface area contributed by atoms with E-state index in [9.17, 15) is 4.79 Å². The number of ether oxygens (including phenoxy) is 1. The summed E-state index contributed by atoms with van der Waals surface area (Å²) in [5.41, 5.74) is 3.01. The first kappa shape index (κ1) is 13.2. The molecule has 0 aliphatic heterocycles. The zero-order chi connectivity index (χ0) is 13.8. The molecule has 0 bridgehead atoms. The number of thiophene rings is 1. The molecule has 0 atom stereocenters. The zero-order valence-electron chi connectivity index (χ0n) is 10.7. The Kier molecular flexibility index (Phi) is 3.93. The first-order chi connectivity index (χ1) is 9.15. The number of aromatic nitrogens is 1. The fourth-order valence-corrected chi connectivity index (χ4v) is 2.88. The summed E-state index contributed by atoms with van der Waals surface area (Å²) >= 11 is 1.47. The second-order valence-corrected chi connectivity index (χ2v) is 5.23. The zero-order valence-corrected chi connectivity index (χ0v) is 11.5. The van der Waals surface area contributed by atoms with Crippen LogP contribution < -0.4 is 4.57 Å². The predicted molar refractivity (Wildman–Crippen MR) is 71.2 cm³/mol. The molecule has 2 heterocycles. The van der Waals surface area contributed by atoms with E-state index in [1.165, 1.54) is 11.3 Å². The highest BCUT2D eigenvalue weighted by Crippen LogP contribution is 2.30. The van der Waals surface area contributed by atoms with Crippen molar-refractivity contribution in [3.63, 3.8) is 0 Å². The van der Waals surface area contributed by atoms with E-state index in [4.69, 9.17) is 10.00 Å². The molecule has 0 N–H and O–H groups in total. The van der Waals surface area contributed by atoms with Crippen molar-refractivity contribution in [2.24, 2.45) is 7.05 Å². The molecule has 2 aromatic rings. The molecule has 0 unspecified atom stereocenters. The van der Waals surface area contributed by atoms with Gasteiger partial charge in [0, 0.05) is 17.7 Å². The molecule has 2 aromatic heterocycles. The number of carbonyl (C=O) groups is 1. The number of nitriles is 1. The predicted octanol–water partition coefficient (Wildman–Crippen LogP) is 2.09. The molecule has 0 saturated carbocycles. The van der Waals surface area contributed by atoms with Gasteiger partial charge in [0.15, 0.2) is 6.20 Å². The second kappa shape index (κ2) is 5.63. The van der Waals surface area contributed by atoms with Gasteiger partial charge in [0.1, 0.15) is 29.5 Å². The molecule has 0 spiro atoms. The largest absolute Gasteiger partial charge is 0.463 e. The van der Waals surface area contributed by atoms with Gasteiger partial charge in [0.2, 0.25) is 5.69 Å². The van der Waals surface area contributed by atoms with Crippen LogP contribution in [0.3, 0.4) is 0 Å². The lowest BCUT2D eigenvalue weighted by molar-refractivity contribution is -0.660. The fraction of sp³-hybridized carbons (Fsp3) is 0.214. The highest BCUT2D eigenvalue weighted by Gasteiger charge is 2.17. The Morgan fingerprint density at radius 2 is 2.32 bits per heavy atom. The van der Waals surface area contributed by atoms with Crippen LogP contribution in [-0.4, -0.2) is 6.47 Å². The van der Waals surface area contributed by atoms with Crippen LogP contribution in [0.15, 0.2) is 24.4 Å². The van der Waals surface area contributed by atoms with Crippen molar-refractivity contribution in [2.45, 2.75) is 13.5 Å². The van der Waals surface area contributed by atoms with Crippen LogP contribution in [0.1, 0.15) is 16.0 Å². The van der Waals surface area contributed by atoms with Crippen LogP contribution in [0, 0.1) is 18.3 Å². The summed E-state index contributed by atoms with van der Waals surface area (Å²) in [4.78, 5) is 12.0. The van der Waals surface area contributed by atoms with E-state index in [0.717, 1.165) is 21.7 Å². The van der Waals surface area contributed by atoms with Crippen molar-refractivity contribution >= 4 is 17.8 Å². The highest BCUT2D eigenvalue weighted by molar-refractivity contribution is 7.16. The Hall–Kier alpha value is -2.19. The average Bonchev–Trinajstić information content (AvgIpc) is 2.79. The molecule has 0 aliphatic carbocycles. The van der Waals surface area contributed by atoms with Crippen molar-refractivity contribution < 1.29 is 14.1 Å². The Bertz CT molecular complexity index is 656. The van der Waals surface area contributed by atoms with Crippen LogP contribution in [0.4, 0.5) is 0 Å². The van der Waals surface area contributed by atoms with E-state index < -0.39 is 0 Å². The van der Waals surface area contributed by atoms with E-state index in [1.54, 1.807) is 0 Å². The third-order valence-corrected chi connectivity index (χ3v) is 3.96. The lowest BCUT2D eigenvalue weighted by atomic mass is 10.1. The number of rotatable bonds is 4. The monoisotopic (exact) mass is 273 g/mol. The summed E-state index contributed by atoms with van der Waals surface area (Å²) in [6.45, 7) is 2.69. The van der Waals surface area contributed by atoms with Crippen molar-refractivity contribution in [3.8, 4) is 16.6 Å². The average molecular weight is 273 g/mol. The standard InChI is InChI=1S/C14H13N2O2S/c1-10-5-12(7-15)19-14(10)13-6-11(8-18-9-17)3-4-16(13)2/h3-6,9H,8H2,1-2H3/q+1. The molecule has 0 fully saturated rings. The van der Waals surface area contributed by atoms with Gasteiger partial charge in [-0.25, -0.2) is 4.57 Å². The van der Waals surface area contributed by atoms with Crippen LogP contribution in [-0.2, 0) is 23.2 Å². The van der Waals surface area contributed by atoms with Gasteiger partial charge in [-0.05, 0) is 18.6 Å². The molecule has 5 heteroatoms.